The lowest BCUT2D eigenvalue weighted by atomic mass is 10.1. The number of aromatic nitrogens is 1. The number of benzene rings is 2. The summed E-state index contributed by atoms with van der Waals surface area (Å²) in [6, 6.07) is 15.7. The van der Waals surface area contributed by atoms with Crippen LogP contribution in [0.25, 0.3) is 0 Å². The van der Waals surface area contributed by atoms with Crippen LogP contribution in [0.15, 0.2) is 48.5 Å². The summed E-state index contributed by atoms with van der Waals surface area (Å²) in [6.45, 7) is 5.93. The molecule has 23 heavy (non-hydrogen) atoms. The molecule has 0 saturated carbocycles. The second-order valence-corrected chi connectivity index (χ2v) is 6.62. The molecule has 0 fully saturated rings. The quantitative estimate of drug-likeness (QED) is 0.684. The molecule has 0 spiro atoms. The Hall–Kier alpha value is -2.46. The molecule has 116 valence electrons. The molecule has 0 aliphatic carbocycles. The Balaban J connectivity index is 1.84. The van der Waals surface area contributed by atoms with Crippen LogP contribution < -0.4 is 5.32 Å². The molecule has 0 aliphatic heterocycles. The number of aryl methyl sites for hydroxylation is 3. The lowest BCUT2D eigenvalue weighted by Gasteiger charge is -2.02. The third kappa shape index (κ3) is 3.48. The molecule has 1 aromatic heterocycles. The van der Waals surface area contributed by atoms with Crippen molar-refractivity contribution in [2.45, 2.75) is 20.8 Å². The maximum absolute atomic E-state index is 12.6. The molecule has 3 aromatic rings. The Morgan fingerprint density at radius 1 is 0.913 bits per heavy atom. The standard InChI is InChI=1S/C19H18N2OS/c1-12-4-8-15(9-5-12)17(22)18-14(3)20-19(23-18)21-16-10-6-13(2)7-11-16/h4-11H,1-3H3,(H,20,21). The fourth-order valence-electron chi connectivity index (χ4n) is 2.26. The summed E-state index contributed by atoms with van der Waals surface area (Å²) in [5, 5.41) is 4.00. The maximum atomic E-state index is 12.6. The molecule has 1 heterocycles. The van der Waals surface area contributed by atoms with Gasteiger partial charge in [-0.05, 0) is 32.9 Å². The highest BCUT2D eigenvalue weighted by Crippen LogP contribution is 2.28. The minimum absolute atomic E-state index is 0.0250. The van der Waals surface area contributed by atoms with Gasteiger partial charge in [0.2, 0.25) is 5.78 Å². The Kier molecular flexibility index (Phi) is 4.26. The fourth-order valence-corrected chi connectivity index (χ4v) is 3.21. The number of hydrogen-bond acceptors (Lipinski definition) is 4. The molecular formula is C19H18N2OS. The van der Waals surface area contributed by atoms with Crippen LogP contribution >= 0.6 is 11.3 Å². The molecular weight excluding hydrogens is 304 g/mol. The van der Waals surface area contributed by atoms with E-state index in [1.165, 1.54) is 16.9 Å². The molecule has 0 saturated heterocycles. The average molecular weight is 322 g/mol. The third-order valence-corrected chi connectivity index (χ3v) is 4.69. The molecule has 3 nitrogen and oxygen atoms in total. The van der Waals surface area contributed by atoms with E-state index in [2.05, 4.69) is 17.2 Å². The Morgan fingerprint density at radius 2 is 1.48 bits per heavy atom. The largest absolute Gasteiger partial charge is 0.332 e. The van der Waals surface area contributed by atoms with E-state index < -0.39 is 0 Å². The van der Waals surface area contributed by atoms with Gasteiger partial charge in [0.1, 0.15) is 0 Å². The molecule has 0 atom stereocenters. The van der Waals surface area contributed by atoms with Gasteiger partial charge < -0.3 is 5.32 Å². The second-order valence-electron chi connectivity index (χ2n) is 5.62. The van der Waals surface area contributed by atoms with Gasteiger partial charge in [0.25, 0.3) is 0 Å². The summed E-state index contributed by atoms with van der Waals surface area (Å²) in [5.74, 6) is 0.0250. The molecule has 0 radical (unpaired) electrons. The highest BCUT2D eigenvalue weighted by atomic mass is 32.1. The van der Waals surface area contributed by atoms with E-state index in [1.54, 1.807) is 0 Å². The van der Waals surface area contributed by atoms with Crippen LogP contribution in [0.5, 0.6) is 0 Å². The summed E-state index contributed by atoms with van der Waals surface area (Å²) in [4.78, 5) is 17.8. The number of rotatable bonds is 4. The zero-order valence-corrected chi connectivity index (χ0v) is 14.2. The van der Waals surface area contributed by atoms with Crippen LogP contribution in [0.2, 0.25) is 0 Å². The van der Waals surface area contributed by atoms with E-state index in [-0.39, 0.29) is 5.78 Å². The van der Waals surface area contributed by atoms with E-state index in [0.29, 0.717) is 10.4 Å². The van der Waals surface area contributed by atoms with E-state index in [4.69, 9.17) is 0 Å². The average Bonchev–Trinajstić information content (AvgIpc) is 2.90. The predicted molar refractivity (Wildman–Crippen MR) is 95.9 cm³/mol. The Morgan fingerprint density at radius 3 is 2.09 bits per heavy atom. The van der Waals surface area contributed by atoms with Crippen molar-refractivity contribution in [3.05, 3.63) is 75.8 Å². The molecule has 0 unspecified atom stereocenters. The van der Waals surface area contributed by atoms with Crippen LogP contribution in [-0.4, -0.2) is 10.8 Å². The lowest BCUT2D eigenvalue weighted by Crippen LogP contribution is -2.00. The summed E-state index contributed by atoms with van der Waals surface area (Å²) in [7, 11) is 0. The van der Waals surface area contributed by atoms with Crippen molar-refractivity contribution in [1.82, 2.24) is 4.98 Å². The minimum atomic E-state index is 0.0250. The number of hydrogen-bond donors (Lipinski definition) is 1. The molecule has 0 amide bonds. The van der Waals surface area contributed by atoms with Gasteiger partial charge in [-0.2, -0.15) is 0 Å². The number of thiazole rings is 1. The maximum Gasteiger partial charge on any atom is 0.204 e. The number of carbonyl (C=O) groups excluding carboxylic acids is 1. The monoisotopic (exact) mass is 322 g/mol. The highest BCUT2D eigenvalue weighted by molar-refractivity contribution is 7.17. The van der Waals surface area contributed by atoms with E-state index in [0.717, 1.165) is 22.1 Å². The van der Waals surface area contributed by atoms with Gasteiger partial charge in [-0.25, -0.2) is 4.98 Å². The predicted octanol–water partition coefficient (Wildman–Crippen LogP) is 5.04. The van der Waals surface area contributed by atoms with Crippen molar-refractivity contribution >= 4 is 27.9 Å². The first kappa shape index (κ1) is 15.4. The molecule has 0 bridgehead atoms. The first-order valence-corrected chi connectivity index (χ1v) is 8.27. The topological polar surface area (TPSA) is 42.0 Å². The fraction of sp³-hybridized carbons (Fsp3) is 0.158. The van der Waals surface area contributed by atoms with E-state index in [1.807, 2.05) is 62.4 Å². The number of carbonyl (C=O) groups is 1. The zero-order chi connectivity index (χ0) is 16.4. The van der Waals surface area contributed by atoms with Crippen molar-refractivity contribution in [3.8, 4) is 0 Å². The third-order valence-electron chi connectivity index (χ3n) is 3.62. The number of nitrogens with one attached hydrogen (secondary N) is 1. The normalized spacial score (nSPS) is 10.6. The smallest absolute Gasteiger partial charge is 0.204 e. The van der Waals surface area contributed by atoms with Crippen molar-refractivity contribution < 1.29 is 4.79 Å². The van der Waals surface area contributed by atoms with Gasteiger partial charge in [0, 0.05) is 11.3 Å². The molecule has 1 N–H and O–H groups in total. The van der Waals surface area contributed by atoms with Gasteiger partial charge in [-0.15, -0.1) is 0 Å². The van der Waals surface area contributed by atoms with Gasteiger partial charge in [0.15, 0.2) is 5.13 Å². The van der Waals surface area contributed by atoms with Crippen molar-refractivity contribution in [3.63, 3.8) is 0 Å². The van der Waals surface area contributed by atoms with E-state index >= 15 is 0 Å². The van der Waals surface area contributed by atoms with Gasteiger partial charge in [-0.1, -0.05) is 58.9 Å². The second kappa shape index (κ2) is 6.34. The Bertz CT molecular complexity index is 833. The SMILES string of the molecule is Cc1ccc(Nc2nc(C)c(C(=O)c3ccc(C)cc3)s2)cc1. The molecule has 3 rings (SSSR count). The summed E-state index contributed by atoms with van der Waals surface area (Å²) in [5.41, 5.74) is 4.78. The zero-order valence-electron chi connectivity index (χ0n) is 13.4. The highest BCUT2D eigenvalue weighted by Gasteiger charge is 2.17. The van der Waals surface area contributed by atoms with Gasteiger partial charge in [-0.3, -0.25) is 4.79 Å². The van der Waals surface area contributed by atoms with Crippen molar-refractivity contribution in [2.75, 3.05) is 5.32 Å². The Labute approximate surface area is 140 Å². The number of nitrogens with zero attached hydrogens (tertiary/aromatic N) is 1. The summed E-state index contributed by atoms with van der Waals surface area (Å²) in [6.07, 6.45) is 0. The van der Waals surface area contributed by atoms with E-state index in [9.17, 15) is 4.79 Å². The molecule has 0 aliphatic rings. The molecule has 4 heteroatoms. The number of ketones is 1. The van der Waals surface area contributed by atoms with Crippen LogP contribution in [0, 0.1) is 20.8 Å². The number of anilines is 2. The first-order valence-electron chi connectivity index (χ1n) is 7.45. The van der Waals surface area contributed by atoms with Crippen LogP contribution in [0.3, 0.4) is 0 Å². The summed E-state index contributed by atoms with van der Waals surface area (Å²) < 4.78 is 0. The molecule has 2 aromatic carbocycles. The summed E-state index contributed by atoms with van der Waals surface area (Å²) >= 11 is 1.39. The van der Waals surface area contributed by atoms with Gasteiger partial charge in [0.05, 0.1) is 10.6 Å². The van der Waals surface area contributed by atoms with Crippen molar-refractivity contribution in [2.24, 2.45) is 0 Å². The van der Waals surface area contributed by atoms with Gasteiger partial charge >= 0.3 is 0 Å². The minimum Gasteiger partial charge on any atom is -0.332 e. The lowest BCUT2D eigenvalue weighted by molar-refractivity contribution is 0.104. The van der Waals surface area contributed by atoms with Crippen LogP contribution in [-0.2, 0) is 0 Å². The van der Waals surface area contributed by atoms with Crippen LogP contribution in [0.1, 0.15) is 32.1 Å². The first-order chi connectivity index (χ1) is 11.0. The van der Waals surface area contributed by atoms with Crippen LogP contribution in [0.4, 0.5) is 10.8 Å². The van der Waals surface area contributed by atoms with Crippen molar-refractivity contribution in [1.29, 1.82) is 0 Å².